The van der Waals surface area contributed by atoms with Crippen LogP contribution in [0.3, 0.4) is 0 Å². The van der Waals surface area contributed by atoms with E-state index < -0.39 is 21.7 Å². The lowest BCUT2D eigenvalue weighted by Crippen LogP contribution is -2.54. The highest BCUT2D eigenvalue weighted by atomic mass is 32.2. The third-order valence-corrected chi connectivity index (χ3v) is 9.77. The molecular weight excluding hydrogens is 448 g/mol. The van der Waals surface area contributed by atoms with Crippen molar-refractivity contribution < 1.29 is 19.8 Å². The molecule has 4 nitrogen and oxygen atoms in total. The average Bonchev–Trinajstić information content (AvgIpc) is 3.56. The number of hydrogen-bond donors (Lipinski definition) is 2. The van der Waals surface area contributed by atoms with Crippen LogP contribution in [-0.2, 0) is 11.2 Å². The summed E-state index contributed by atoms with van der Waals surface area (Å²) < 4.78 is 0. The summed E-state index contributed by atoms with van der Waals surface area (Å²) >= 11 is 3.66. The van der Waals surface area contributed by atoms with Crippen LogP contribution in [0.4, 0.5) is 0 Å². The number of benzene rings is 2. The monoisotopic (exact) mass is 464 g/mol. The molecule has 0 bridgehead atoms. The molecule has 2 aromatic carbocycles. The molecule has 0 radical (unpaired) electrons. The zero-order chi connectivity index (χ0) is 21.4. The van der Waals surface area contributed by atoms with Gasteiger partial charge in [-0.3, -0.25) is 9.59 Å². The molecule has 3 heterocycles. The maximum atomic E-state index is 13.5. The van der Waals surface area contributed by atoms with Crippen LogP contribution in [0, 0.1) is 0 Å². The lowest BCUT2D eigenvalue weighted by Gasteiger charge is -2.37. The first-order chi connectivity index (χ1) is 15.0. The fraction of sp³-hybridized carbons (Fsp3) is 0.167. The van der Waals surface area contributed by atoms with Crippen LogP contribution in [0.15, 0.2) is 71.4 Å². The Morgan fingerprint density at radius 1 is 0.710 bits per heavy atom. The first-order valence-corrected chi connectivity index (χ1v) is 12.5. The van der Waals surface area contributed by atoms with Crippen molar-refractivity contribution in [3.05, 3.63) is 92.3 Å². The van der Waals surface area contributed by atoms with Gasteiger partial charge in [-0.15, -0.1) is 34.4 Å². The van der Waals surface area contributed by atoms with E-state index in [4.69, 9.17) is 0 Å². The van der Waals surface area contributed by atoms with Gasteiger partial charge in [0.05, 0.1) is 9.75 Å². The summed E-state index contributed by atoms with van der Waals surface area (Å²) in [5, 5.41) is 27.7. The number of thiophene rings is 2. The van der Waals surface area contributed by atoms with Gasteiger partial charge < -0.3 is 10.2 Å². The van der Waals surface area contributed by atoms with E-state index in [0.29, 0.717) is 20.9 Å². The van der Waals surface area contributed by atoms with E-state index in [9.17, 15) is 19.8 Å². The fourth-order valence-corrected chi connectivity index (χ4v) is 8.32. The largest absolute Gasteiger partial charge is 0.380 e. The molecule has 7 heteroatoms. The number of fused-ring (bicyclic) bond motifs is 3. The molecular formula is C24H16O4S3. The van der Waals surface area contributed by atoms with Crippen LogP contribution in [-0.4, -0.2) is 32.3 Å². The smallest absolute Gasteiger partial charge is 0.189 e. The Morgan fingerprint density at radius 3 is 1.61 bits per heavy atom. The van der Waals surface area contributed by atoms with E-state index >= 15 is 0 Å². The summed E-state index contributed by atoms with van der Waals surface area (Å²) in [7, 11) is 0. The Labute approximate surface area is 190 Å². The topological polar surface area (TPSA) is 74.6 Å². The van der Waals surface area contributed by atoms with E-state index in [2.05, 4.69) is 0 Å². The second-order valence-corrected chi connectivity index (χ2v) is 10.9. The molecule has 2 aliphatic rings. The molecule has 1 saturated heterocycles. The van der Waals surface area contributed by atoms with E-state index in [-0.39, 0.29) is 11.6 Å². The van der Waals surface area contributed by atoms with Gasteiger partial charge in [-0.05, 0) is 44.8 Å². The minimum atomic E-state index is -1.92. The van der Waals surface area contributed by atoms with Gasteiger partial charge in [0.15, 0.2) is 11.6 Å². The first-order valence-electron chi connectivity index (χ1n) is 9.76. The number of hydrogen-bond acceptors (Lipinski definition) is 7. The van der Waals surface area contributed by atoms with Crippen molar-refractivity contribution in [2.75, 3.05) is 0 Å². The lowest BCUT2D eigenvalue weighted by atomic mass is 9.74. The van der Waals surface area contributed by atoms with Gasteiger partial charge in [0.1, 0.15) is 21.7 Å². The number of carbonyl (C=O) groups excluding carboxylic acids is 2. The summed E-state index contributed by atoms with van der Waals surface area (Å²) in [6.45, 7) is 0. The highest BCUT2D eigenvalue weighted by molar-refractivity contribution is 8.02. The van der Waals surface area contributed by atoms with Crippen molar-refractivity contribution >= 4 is 56.8 Å². The fourth-order valence-electron chi connectivity index (χ4n) is 5.00. The highest BCUT2D eigenvalue weighted by Gasteiger charge is 2.73. The quantitative estimate of drug-likeness (QED) is 0.432. The summed E-state index contributed by atoms with van der Waals surface area (Å²) in [5.41, 5.74) is -2.82. The molecule has 2 aromatic heterocycles. The first kappa shape index (κ1) is 19.4. The average molecular weight is 465 g/mol. The van der Waals surface area contributed by atoms with Crippen molar-refractivity contribution in [3.8, 4) is 0 Å². The zero-order valence-corrected chi connectivity index (χ0v) is 18.5. The molecule has 6 rings (SSSR count). The van der Waals surface area contributed by atoms with Gasteiger partial charge in [-0.1, -0.05) is 48.5 Å². The van der Waals surface area contributed by atoms with Gasteiger partial charge >= 0.3 is 0 Å². The number of Topliss-reactive ketones (excluding diaryl/α,β-unsaturated/α-hetero) is 2. The van der Waals surface area contributed by atoms with Gasteiger partial charge in [-0.2, -0.15) is 0 Å². The van der Waals surface area contributed by atoms with E-state index in [0.717, 1.165) is 22.5 Å². The number of thioether (sulfide) groups is 1. The van der Waals surface area contributed by atoms with E-state index in [1.54, 1.807) is 36.4 Å². The molecule has 0 spiro atoms. The maximum Gasteiger partial charge on any atom is 0.189 e. The number of ketones is 2. The Hall–Kier alpha value is -2.29. The van der Waals surface area contributed by atoms with Crippen molar-refractivity contribution in [2.24, 2.45) is 0 Å². The van der Waals surface area contributed by atoms with E-state index in [1.807, 2.05) is 35.0 Å². The molecule has 4 atom stereocenters. The Kier molecular flexibility index (Phi) is 4.13. The van der Waals surface area contributed by atoms with Crippen LogP contribution < -0.4 is 0 Å². The van der Waals surface area contributed by atoms with Crippen LogP contribution in [0.5, 0.6) is 0 Å². The third kappa shape index (κ3) is 2.33. The summed E-state index contributed by atoms with van der Waals surface area (Å²) in [4.78, 5) is 28.1. The molecule has 154 valence electrons. The van der Waals surface area contributed by atoms with Gasteiger partial charge in [0.2, 0.25) is 0 Å². The van der Waals surface area contributed by atoms with Crippen LogP contribution in [0.25, 0.3) is 10.8 Å². The maximum absolute atomic E-state index is 13.5. The van der Waals surface area contributed by atoms with Crippen molar-refractivity contribution in [2.45, 2.75) is 21.7 Å². The standard InChI is InChI=1S/C24H16O4S3/c25-19(16-9-3-11-29-16)21-23(27)14-7-1-5-13-6-2-8-15(18(13)14)24(23,28)22(31-21)20(26)17-10-4-12-30-17/h1-12,21-22,27-28H. The highest BCUT2D eigenvalue weighted by Crippen LogP contribution is 2.65. The molecule has 1 aliphatic heterocycles. The lowest BCUT2D eigenvalue weighted by molar-refractivity contribution is -0.139. The van der Waals surface area contributed by atoms with Crippen LogP contribution >= 0.6 is 34.4 Å². The summed E-state index contributed by atoms with van der Waals surface area (Å²) in [5.74, 6) is -0.542. The molecule has 0 saturated carbocycles. The minimum absolute atomic E-state index is 0.271. The van der Waals surface area contributed by atoms with Gasteiger partial charge in [0, 0.05) is 0 Å². The predicted molar refractivity (Wildman–Crippen MR) is 124 cm³/mol. The van der Waals surface area contributed by atoms with Crippen molar-refractivity contribution in [1.82, 2.24) is 0 Å². The van der Waals surface area contributed by atoms with Gasteiger partial charge in [-0.25, -0.2) is 0 Å². The molecule has 1 fully saturated rings. The summed E-state index contributed by atoms with van der Waals surface area (Å²) in [6, 6.07) is 18.0. The normalized spacial score (nSPS) is 28.7. The second-order valence-electron chi connectivity index (χ2n) is 7.82. The second kappa shape index (κ2) is 6.60. The minimum Gasteiger partial charge on any atom is -0.380 e. The molecule has 0 amide bonds. The number of aliphatic hydroxyl groups is 2. The molecule has 4 unspecified atom stereocenters. The van der Waals surface area contributed by atoms with Crippen molar-refractivity contribution in [3.63, 3.8) is 0 Å². The van der Waals surface area contributed by atoms with E-state index in [1.165, 1.54) is 22.7 Å². The Balaban J connectivity index is 1.62. The molecule has 31 heavy (non-hydrogen) atoms. The molecule has 4 aromatic rings. The zero-order valence-electron chi connectivity index (χ0n) is 16.0. The SMILES string of the molecule is O=C(c1cccs1)C1SC(C(=O)c2cccs2)C2(O)c3cccc4cccc(c34)C12O. The molecule has 1 aliphatic carbocycles. The van der Waals surface area contributed by atoms with Crippen molar-refractivity contribution in [1.29, 1.82) is 0 Å². The van der Waals surface area contributed by atoms with Crippen LogP contribution in [0.1, 0.15) is 30.5 Å². The predicted octanol–water partition coefficient (Wildman–Crippen LogP) is 4.60. The molecule has 2 N–H and O–H groups in total. The van der Waals surface area contributed by atoms with Gasteiger partial charge in [0.25, 0.3) is 0 Å². The Bertz CT molecular complexity index is 1250. The third-order valence-electron chi connectivity index (χ3n) is 6.34. The number of carbonyl (C=O) groups is 2. The van der Waals surface area contributed by atoms with Crippen LogP contribution in [0.2, 0.25) is 0 Å². The summed E-state index contributed by atoms with van der Waals surface area (Å²) in [6.07, 6.45) is 0. The Morgan fingerprint density at radius 2 is 1.19 bits per heavy atom. The number of rotatable bonds is 4.